The van der Waals surface area contributed by atoms with Crippen molar-refractivity contribution < 1.29 is 71.2 Å². The van der Waals surface area contributed by atoms with Gasteiger partial charge in [0.1, 0.15) is 11.2 Å². The molecule has 2 N–H and O–H groups in total. The van der Waals surface area contributed by atoms with Gasteiger partial charge in [-0.3, -0.25) is 4.90 Å². The first-order chi connectivity index (χ1) is 28.4. The number of carbonyl (C=O) groups excluding carboxylic acids is 2. The van der Waals surface area contributed by atoms with Gasteiger partial charge in [-0.15, -0.1) is 0 Å². The summed E-state index contributed by atoms with van der Waals surface area (Å²) < 4.78 is 71.6. The third kappa shape index (κ3) is 47.9. The predicted octanol–water partition coefficient (Wildman–Crippen LogP) is 2.83. The lowest BCUT2D eigenvalue weighted by molar-refractivity contribution is -0.0148. The molecule has 0 aromatic carbocycles. The maximum Gasteiger partial charge on any atom is 0.407 e. The van der Waals surface area contributed by atoms with Gasteiger partial charge in [0.05, 0.1) is 145 Å². The van der Waals surface area contributed by atoms with E-state index < -0.39 is 23.4 Å². The van der Waals surface area contributed by atoms with Crippen LogP contribution in [0.3, 0.4) is 0 Å². The molecule has 0 saturated heterocycles. The topological polar surface area (TPSA) is 230 Å². The van der Waals surface area contributed by atoms with E-state index in [4.69, 9.17) is 67.1 Å². The molecule has 0 rings (SSSR count). The summed E-state index contributed by atoms with van der Waals surface area (Å²) in [7, 11) is 0. The van der Waals surface area contributed by atoms with Gasteiger partial charge in [-0.2, -0.15) is 0 Å². The highest BCUT2D eigenvalue weighted by atomic mass is 16.6. The second kappa shape index (κ2) is 40.8. The molecule has 0 saturated carbocycles. The monoisotopic (exact) mass is 857 g/mol. The maximum absolute atomic E-state index is 11.6. The Labute approximate surface area is 351 Å². The van der Waals surface area contributed by atoms with E-state index >= 15 is 0 Å². The molecule has 0 aromatic rings. The summed E-state index contributed by atoms with van der Waals surface area (Å²) in [5.41, 5.74) is 7.13. The van der Waals surface area contributed by atoms with Crippen molar-refractivity contribution in [1.29, 1.82) is 0 Å². The molecule has 21 heteroatoms. The second-order valence-corrected chi connectivity index (χ2v) is 14.4. The second-order valence-electron chi connectivity index (χ2n) is 14.4. The average Bonchev–Trinajstić information content (AvgIpc) is 3.16. The Kier molecular flexibility index (Phi) is 38.9. The van der Waals surface area contributed by atoms with Crippen molar-refractivity contribution in [1.82, 2.24) is 15.5 Å². The van der Waals surface area contributed by atoms with Crippen LogP contribution in [0.4, 0.5) is 9.59 Å². The number of rotatable bonds is 42. The number of amides is 2. The van der Waals surface area contributed by atoms with Crippen LogP contribution in [-0.2, 0) is 61.6 Å². The van der Waals surface area contributed by atoms with Crippen molar-refractivity contribution in [2.75, 3.05) is 185 Å². The van der Waals surface area contributed by atoms with Gasteiger partial charge >= 0.3 is 12.2 Å². The number of azide groups is 1. The highest BCUT2D eigenvalue weighted by Gasteiger charge is 2.16. The highest BCUT2D eigenvalue weighted by Crippen LogP contribution is 2.07. The molecule has 59 heavy (non-hydrogen) atoms. The molecule has 0 aliphatic heterocycles. The minimum atomic E-state index is -0.537. The number of carbonyl (C=O) groups is 2. The number of hydrogen-bond acceptors (Lipinski definition) is 17. The largest absolute Gasteiger partial charge is 0.444 e. The van der Waals surface area contributed by atoms with Gasteiger partial charge in [0.15, 0.2) is 0 Å². The lowest BCUT2D eigenvalue weighted by atomic mass is 10.2. The number of hydrogen-bond donors (Lipinski definition) is 2. The Morgan fingerprint density at radius 1 is 0.441 bits per heavy atom. The molecule has 348 valence electrons. The van der Waals surface area contributed by atoms with Gasteiger partial charge in [0.2, 0.25) is 0 Å². The van der Waals surface area contributed by atoms with Crippen LogP contribution in [0.15, 0.2) is 5.11 Å². The maximum atomic E-state index is 11.6. The van der Waals surface area contributed by atoms with Crippen LogP contribution in [0.25, 0.3) is 10.4 Å². The first-order valence-electron chi connectivity index (χ1n) is 20.4. The zero-order valence-corrected chi connectivity index (χ0v) is 36.7. The normalized spacial score (nSPS) is 11.8. The molecule has 2 amide bonds. The minimum absolute atomic E-state index is 0.309. The van der Waals surface area contributed by atoms with Gasteiger partial charge in [0.25, 0.3) is 0 Å². The number of nitrogens with zero attached hydrogens (tertiary/aromatic N) is 4. The molecule has 0 spiro atoms. The third-order valence-electron chi connectivity index (χ3n) is 6.86. The average molecular weight is 857 g/mol. The van der Waals surface area contributed by atoms with Crippen molar-refractivity contribution in [2.24, 2.45) is 5.11 Å². The fourth-order valence-corrected chi connectivity index (χ4v) is 4.21. The summed E-state index contributed by atoms with van der Waals surface area (Å²) in [6.45, 7) is 23.7. The lowest BCUT2D eigenvalue weighted by Gasteiger charge is -2.22. The highest BCUT2D eigenvalue weighted by molar-refractivity contribution is 5.67. The third-order valence-corrected chi connectivity index (χ3v) is 6.86. The van der Waals surface area contributed by atoms with Gasteiger partial charge in [-0.1, -0.05) is 5.11 Å². The Balaban J connectivity index is 4.08. The van der Waals surface area contributed by atoms with Crippen LogP contribution in [0.1, 0.15) is 41.5 Å². The standard InChI is InChI=1S/C38H76N6O15/c1-37(2,3)58-35(45)40-7-13-47-19-25-53-28-22-50-16-10-44(11-17-51-23-29-54-26-20-48-14-8-41-36(46)59-38(4,5)6)12-18-52-24-30-56-32-34-57-33-31-55-27-21-49-15-9-42-43-39/h7-34H2,1-6H3,(H,40,45)(H,41,46). The lowest BCUT2D eigenvalue weighted by Crippen LogP contribution is -2.34. The first kappa shape index (κ1) is 56.4. The molecule has 0 bridgehead atoms. The van der Waals surface area contributed by atoms with Gasteiger partial charge in [-0.25, -0.2) is 9.59 Å². The Morgan fingerprint density at radius 2 is 0.695 bits per heavy atom. The van der Waals surface area contributed by atoms with E-state index in [9.17, 15) is 9.59 Å². The van der Waals surface area contributed by atoms with Crippen LogP contribution >= 0.6 is 0 Å². The molecular formula is C38H76N6O15. The fraction of sp³-hybridized carbons (Fsp3) is 0.947. The Hall–Kier alpha value is -2.63. The quantitative estimate of drug-likeness (QED) is 0.0389. The van der Waals surface area contributed by atoms with Crippen LogP contribution in [0, 0.1) is 0 Å². The van der Waals surface area contributed by atoms with Crippen LogP contribution < -0.4 is 10.6 Å². The summed E-state index contributed by atoms with van der Waals surface area (Å²) in [5.74, 6) is 0. The van der Waals surface area contributed by atoms with Crippen molar-refractivity contribution >= 4 is 12.2 Å². The van der Waals surface area contributed by atoms with Crippen molar-refractivity contribution in [3.63, 3.8) is 0 Å². The van der Waals surface area contributed by atoms with Crippen LogP contribution in [0.5, 0.6) is 0 Å². The van der Waals surface area contributed by atoms with Crippen molar-refractivity contribution in [3.8, 4) is 0 Å². The molecule has 0 radical (unpaired) electrons. The molecular weight excluding hydrogens is 780 g/mol. The van der Waals surface area contributed by atoms with E-state index in [1.165, 1.54) is 0 Å². The molecule has 0 aromatic heterocycles. The zero-order chi connectivity index (χ0) is 43.6. The first-order valence-corrected chi connectivity index (χ1v) is 20.4. The Bertz CT molecular complexity index is 965. The summed E-state index contributed by atoms with van der Waals surface area (Å²) in [6.07, 6.45) is -0.937. The molecule has 0 fully saturated rings. The number of nitrogens with one attached hydrogen (secondary N) is 2. The SMILES string of the molecule is CC(C)(C)OC(=O)NCCOCCOCCOCCN(CCOCCOCCOCCNC(=O)OC(C)(C)C)CCOCCOCCOCCOCCOCCN=[N+]=[N-]. The van der Waals surface area contributed by atoms with Gasteiger partial charge in [-0.05, 0) is 47.1 Å². The van der Waals surface area contributed by atoms with Crippen molar-refractivity contribution in [2.45, 2.75) is 52.7 Å². The molecule has 21 nitrogen and oxygen atoms in total. The van der Waals surface area contributed by atoms with E-state index in [0.717, 1.165) is 0 Å². The molecule has 0 heterocycles. The van der Waals surface area contributed by atoms with Crippen LogP contribution in [-0.4, -0.2) is 213 Å². The minimum Gasteiger partial charge on any atom is -0.444 e. The summed E-state index contributed by atoms with van der Waals surface area (Å²) >= 11 is 0. The molecule has 0 aliphatic carbocycles. The molecule has 0 aliphatic rings. The summed E-state index contributed by atoms with van der Waals surface area (Å²) in [4.78, 5) is 28.1. The predicted molar refractivity (Wildman–Crippen MR) is 218 cm³/mol. The van der Waals surface area contributed by atoms with Gasteiger partial charge in [0, 0.05) is 44.2 Å². The molecule has 0 unspecified atom stereocenters. The van der Waals surface area contributed by atoms with E-state index in [-0.39, 0.29) is 0 Å². The van der Waals surface area contributed by atoms with E-state index in [2.05, 4.69) is 25.6 Å². The van der Waals surface area contributed by atoms with Crippen LogP contribution in [0.2, 0.25) is 0 Å². The van der Waals surface area contributed by atoms with E-state index in [1.54, 1.807) is 0 Å². The van der Waals surface area contributed by atoms with E-state index in [0.29, 0.717) is 185 Å². The zero-order valence-electron chi connectivity index (χ0n) is 36.7. The summed E-state index contributed by atoms with van der Waals surface area (Å²) in [5, 5.41) is 8.68. The number of alkyl carbamates (subject to hydrolysis) is 2. The molecule has 0 atom stereocenters. The summed E-state index contributed by atoms with van der Waals surface area (Å²) in [6, 6.07) is 0. The Morgan fingerprint density at radius 3 is 0.966 bits per heavy atom. The van der Waals surface area contributed by atoms with Gasteiger partial charge < -0.3 is 72.2 Å². The number of ether oxygens (including phenoxy) is 13. The smallest absolute Gasteiger partial charge is 0.407 e. The van der Waals surface area contributed by atoms with E-state index in [1.807, 2.05) is 41.5 Å². The fourth-order valence-electron chi connectivity index (χ4n) is 4.21. The van der Waals surface area contributed by atoms with Crippen molar-refractivity contribution in [3.05, 3.63) is 10.4 Å².